The van der Waals surface area contributed by atoms with Crippen LogP contribution in [0.5, 0.6) is 0 Å². The van der Waals surface area contributed by atoms with Crippen molar-refractivity contribution in [2.75, 3.05) is 65.5 Å². The molecule has 0 saturated heterocycles. The first-order valence-electron chi connectivity index (χ1n) is 43.1. The van der Waals surface area contributed by atoms with Gasteiger partial charge in [-0.3, -0.25) is 21.3 Å². The number of nitrogens with zero attached hydrogens (tertiary/aromatic N) is 16. The predicted molar refractivity (Wildman–Crippen MR) is 490 cm³/mol. The number of carbonyl (C=O) groups is 4. The Kier molecular flexibility index (Phi) is 21.6. The van der Waals surface area contributed by atoms with E-state index in [1.807, 2.05) is 70.9 Å². The van der Waals surface area contributed by atoms with Crippen molar-refractivity contribution >= 4 is 138 Å². The van der Waals surface area contributed by atoms with Crippen LogP contribution in [0.15, 0.2) is 165 Å². The van der Waals surface area contributed by atoms with E-state index in [0.717, 1.165) is 122 Å². The molecular formula is C92H92F4N28O8. The molecule has 6 fully saturated rings. The van der Waals surface area contributed by atoms with Gasteiger partial charge in [-0.15, -0.1) is 0 Å². The van der Waals surface area contributed by atoms with Gasteiger partial charge in [0.25, 0.3) is 0 Å². The zero-order valence-electron chi connectivity index (χ0n) is 72.9. The van der Waals surface area contributed by atoms with Gasteiger partial charge >= 0.3 is 24.1 Å². The summed E-state index contributed by atoms with van der Waals surface area (Å²) in [6.45, 7) is 16.1. The van der Waals surface area contributed by atoms with Crippen molar-refractivity contribution in [2.45, 2.75) is 178 Å². The molecule has 6 aliphatic rings. The molecule has 12 heterocycles. The lowest BCUT2D eigenvalue weighted by Gasteiger charge is -2.12. The van der Waals surface area contributed by atoms with Crippen LogP contribution in [0.4, 0.5) is 106 Å². The Hall–Kier alpha value is -15.8. The minimum Gasteiger partial charge on any atom is -0.383 e. The zero-order chi connectivity index (χ0) is 92.1. The Bertz CT molecular complexity index is 6740. The Morgan fingerprint density at radius 2 is 0.712 bits per heavy atom. The summed E-state index contributed by atoms with van der Waals surface area (Å²) in [5.41, 5.74) is 34.8. The first kappa shape index (κ1) is 85.6. The second kappa shape index (κ2) is 33.4. The summed E-state index contributed by atoms with van der Waals surface area (Å²) in [5.74, 6) is 0.744. The van der Waals surface area contributed by atoms with Gasteiger partial charge in [-0.05, 0) is 148 Å². The van der Waals surface area contributed by atoms with Crippen molar-refractivity contribution in [3.05, 3.63) is 193 Å². The fourth-order valence-corrected chi connectivity index (χ4v) is 15.5. The number of hydrogen-bond acceptors (Lipinski definition) is 24. The average Bonchev–Trinajstić information content (AvgIpc) is 1.61. The largest absolute Gasteiger partial charge is 0.383 e. The van der Waals surface area contributed by atoms with E-state index in [1.54, 1.807) is 54.6 Å². The van der Waals surface area contributed by atoms with E-state index >= 15 is 4.39 Å². The summed E-state index contributed by atoms with van der Waals surface area (Å²) in [6, 6.07) is 24.1. The number of anilines is 12. The second-order valence-electron chi connectivity index (χ2n) is 36.6. The van der Waals surface area contributed by atoms with E-state index in [0.29, 0.717) is 120 Å². The normalized spacial score (nSPS) is 15.3. The zero-order valence-corrected chi connectivity index (χ0v) is 72.9. The number of amides is 8. The number of benzene rings is 4. The maximum atomic E-state index is 15.1. The van der Waals surface area contributed by atoms with Crippen molar-refractivity contribution in [2.24, 2.45) is 0 Å². The van der Waals surface area contributed by atoms with Gasteiger partial charge in [-0.2, -0.15) is 0 Å². The van der Waals surface area contributed by atoms with Crippen molar-refractivity contribution in [3.8, 4) is 44.5 Å². The monoisotopic (exact) mass is 1790 g/mol. The molecule has 6 aliphatic carbocycles. The van der Waals surface area contributed by atoms with Crippen molar-refractivity contribution in [3.63, 3.8) is 0 Å². The van der Waals surface area contributed by atoms with Crippen molar-refractivity contribution in [1.29, 1.82) is 0 Å². The molecule has 0 unspecified atom stereocenters. The number of hydrogen-bond donors (Lipinski definition) is 12. The fourth-order valence-electron chi connectivity index (χ4n) is 15.5. The fraction of sp³-hybridized carbons (Fsp3) is 0.304. The van der Waals surface area contributed by atoms with E-state index in [9.17, 15) is 32.3 Å². The van der Waals surface area contributed by atoms with Gasteiger partial charge in [0.15, 0.2) is 5.82 Å². The van der Waals surface area contributed by atoms with Crippen LogP contribution in [0.1, 0.15) is 179 Å². The second-order valence-corrected chi connectivity index (χ2v) is 36.6. The molecule has 676 valence electrons. The van der Waals surface area contributed by atoms with E-state index in [4.69, 9.17) is 41.0 Å². The molecule has 8 amide bonds. The lowest BCUT2D eigenvalue weighted by atomic mass is 9.92. The summed E-state index contributed by atoms with van der Waals surface area (Å²) < 4.78 is 89.0. The third-order valence-corrected chi connectivity index (χ3v) is 24.2. The highest BCUT2D eigenvalue weighted by atomic mass is 19.1. The molecule has 16 N–H and O–H groups in total. The number of carbonyl (C=O) groups excluding carboxylic acids is 4. The molecule has 0 bridgehead atoms. The highest BCUT2D eigenvalue weighted by molar-refractivity contribution is 6.07. The van der Waals surface area contributed by atoms with Crippen LogP contribution >= 0.6 is 0 Å². The minimum absolute atomic E-state index is 0.00239. The molecule has 0 aliphatic heterocycles. The highest BCUT2D eigenvalue weighted by Crippen LogP contribution is 2.51. The maximum absolute atomic E-state index is 15.1. The molecule has 6 saturated carbocycles. The smallest absolute Gasteiger partial charge is 0.326 e. The lowest BCUT2D eigenvalue weighted by molar-refractivity contribution is 0.260. The van der Waals surface area contributed by atoms with Gasteiger partial charge < -0.3 is 80.6 Å². The molecule has 40 heteroatoms. The summed E-state index contributed by atoms with van der Waals surface area (Å²) in [5, 5.41) is 38.9. The van der Waals surface area contributed by atoms with Crippen LogP contribution < -0.4 is 65.5 Å². The Morgan fingerprint density at radius 3 is 1.06 bits per heavy atom. The van der Waals surface area contributed by atoms with Gasteiger partial charge in [-0.25, -0.2) is 76.6 Å². The van der Waals surface area contributed by atoms with Crippen LogP contribution in [0.25, 0.3) is 88.6 Å². The van der Waals surface area contributed by atoms with Crippen LogP contribution in [0.3, 0.4) is 0 Å². The standard InChI is InChI=1S/2C23H22FN7O2.2C23H24FN7O2/c1-23(6-7-23)17-9-18(30-33-17)29-22(32)28-16-5-2-12(8-15(16)24)14-10-31(13-3-4-13)21-19(14)20(25)26-11-27-21;1-23(6-7-23)17-9-18(33-30-17)29-22(32)28-12-2-5-14(16(24)8-12)15-10-31(13-3-4-13)21-19(15)20(25)26-11-27-21;2*1-23(2,3)17-9-18(33-30-17)29-22(32)28-16-7-4-12(8-15(16)24)14-10-31(13-5-6-13)21-19(14)20(25)26-11-27-21/h2,5,8-11,13H,3-4,6-7H2,1H3,(H2,25,26,27)(H2,28,29,30,32);2,5,8-11,13H,3-4,6-7H2,1H3,(H2,25,26,27)(H2,28,29,32);2*4,7-11,13H,5-6H2,1-3H3,(H2,25,26,27)(H2,28,29,32). The third-order valence-electron chi connectivity index (χ3n) is 24.2. The molecular weight excluding hydrogens is 1700 g/mol. The van der Waals surface area contributed by atoms with Crippen LogP contribution in [0, 0.1) is 23.3 Å². The first-order valence-corrected chi connectivity index (χ1v) is 43.1. The number of halogens is 4. The van der Waals surface area contributed by atoms with Crippen LogP contribution in [-0.4, -0.2) is 103 Å². The number of rotatable bonds is 18. The molecule has 12 aromatic heterocycles. The van der Waals surface area contributed by atoms with E-state index in [-0.39, 0.29) is 62.2 Å². The average molecular weight is 1790 g/mol. The number of fused-ring (bicyclic) bond motifs is 4. The minimum atomic E-state index is -0.638. The van der Waals surface area contributed by atoms with E-state index < -0.39 is 47.4 Å². The van der Waals surface area contributed by atoms with Gasteiger partial charge in [-0.1, -0.05) is 94.2 Å². The Morgan fingerprint density at radius 1 is 0.364 bits per heavy atom. The number of nitrogens with two attached hydrogens (primary N) is 4. The quantitative estimate of drug-likeness (QED) is 0.0355. The van der Waals surface area contributed by atoms with Crippen molar-refractivity contribution < 1.29 is 54.8 Å². The molecule has 0 spiro atoms. The SMILES string of the molecule is CC(C)(C)c1cc(NC(=O)Nc2ccc(-c3cn(C4CC4)c4ncnc(N)c34)cc2F)on1.CC(C)(C)c1cc(NC(=O)Nc2ccc(-c3cn(C4CC4)c4ncnc(N)c34)cc2F)on1.CC1(c2cc(NC(=O)Nc3ccc(-c4cn(C5CC5)c5ncnc(N)c45)c(F)c3)on2)CC1.CC1(c2cc(NC(=O)Nc3ccc(-c4cn(C5CC5)c5ncnc(N)c45)cc3F)no2)CC1. The maximum Gasteiger partial charge on any atom is 0.326 e. The topological polar surface area (TPSA) is 496 Å². The first-order chi connectivity index (χ1) is 63.2. The van der Waals surface area contributed by atoms with Gasteiger partial charge in [0.05, 0.1) is 55.7 Å². The predicted octanol–water partition coefficient (Wildman–Crippen LogP) is 19.8. The molecule has 22 rings (SSSR count). The molecule has 0 atom stereocenters. The van der Waals surface area contributed by atoms with Crippen molar-refractivity contribution in [1.82, 2.24) is 78.8 Å². The van der Waals surface area contributed by atoms with Gasteiger partial charge in [0.2, 0.25) is 17.7 Å². The van der Waals surface area contributed by atoms with Gasteiger partial charge in [0.1, 0.15) is 100 Å². The molecule has 4 aromatic carbocycles. The Labute approximate surface area is 749 Å². The van der Waals surface area contributed by atoms with Crippen LogP contribution in [-0.2, 0) is 21.7 Å². The number of urea groups is 4. The van der Waals surface area contributed by atoms with Gasteiger partial charge in [0, 0.05) is 128 Å². The lowest BCUT2D eigenvalue weighted by Crippen LogP contribution is -2.20. The van der Waals surface area contributed by atoms with E-state index in [2.05, 4.69) is 131 Å². The van der Waals surface area contributed by atoms with E-state index in [1.165, 1.54) is 67.8 Å². The third kappa shape index (κ3) is 17.9. The number of nitrogens with one attached hydrogen (secondary N) is 8. The Balaban J connectivity index is 0.000000114. The number of aromatic nitrogens is 16. The molecule has 36 nitrogen and oxygen atoms in total. The summed E-state index contributed by atoms with van der Waals surface area (Å²) in [4.78, 5) is 83.3. The van der Waals surface area contributed by atoms with Crippen LogP contribution in [0.2, 0.25) is 0 Å². The molecule has 16 aromatic rings. The summed E-state index contributed by atoms with van der Waals surface area (Å²) in [6.07, 6.45) is 26.2. The number of nitrogen functional groups attached to an aromatic ring is 4. The molecule has 0 radical (unpaired) electrons. The summed E-state index contributed by atoms with van der Waals surface area (Å²) >= 11 is 0. The summed E-state index contributed by atoms with van der Waals surface area (Å²) in [7, 11) is 0. The molecule has 132 heavy (non-hydrogen) atoms. The highest BCUT2D eigenvalue weighted by Gasteiger charge is 2.44.